The Labute approximate surface area is 124 Å². The number of nitrogens with two attached hydrogens (primary N) is 1. The Kier molecular flexibility index (Phi) is 5.06. The second kappa shape index (κ2) is 6.99. The Morgan fingerprint density at radius 2 is 1.95 bits per heavy atom. The topological polar surface area (TPSA) is 55.1 Å². The fourth-order valence-corrected chi connectivity index (χ4v) is 2.09. The van der Waals surface area contributed by atoms with Gasteiger partial charge < -0.3 is 11.1 Å². The molecule has 1 unspecified atom stereocenters. The van der Waals surface area contributed by atoms with Gasteiger partial charge in [0, 0.05) is 18.7 Å². The van der Waals surface area contributed by atoms with E-state index in [0.717, 1.165) is 11.1 Å². The Morgan fingerprint density at radius 3 is 2.57 bits per heavy atom. The highest BCUT2D eigenvalue weighted by Gasteiger charge is 2.15. The monoisotopic (exact) mass is 286 g/mol. The minimum atomic E-state index is -0.342. The molecule has 0 saturated carbocycles. The van der Waals surface area contributed by atoms with Crippen LogP contribution < -0.4 is 11.1 Å². The summed E-state index contributed by atoms with van der Waals surface area (Å²) >= 11 is 0. The van der Waals surface area contributed by atoms with E-state index in [2.05, 4.69) is 5.32 Å². The first-order valence-electron chi connectivity index (χ1n) is 6.92. The molecule has 0 bridgehead atoms. The molecule has 3 N–H and O–H groups in total. The van der Waals surface area contributed by atoms with Crippen molar-refractivity contribution in [3.63, 3.8) is 0 Å². The Morgan fingerprint density at radius 1 is 1.24 bits per heavy atom. The molecule has 0 radical (unpaired) electrons. The van der Waals surface area contributed by atoms with Crippen LogP contribution in [0.4, 0.5) is 4.39 Å². The van der Waals surface area contributed by atoms with Gasteiger partial charge in [0.1, 0.15) is 5.82 Å². The summed E-state index contributed by atoms with van der Waals surface area (Å²) in [5, 5.41) is 2.77. The number of amides is 1. The molecule has 4 heteroatoms. The lowest BCUT2D eigenvalue weighted by atomic mass is 10.0. The molecule has 0 aliphatic carbocycles. The van der Waals surface area contributed by atoms with E-state index in [1.807, 2.05) is 37.3 Å². The number of halogens is 1. The highest BCUT2D eigenvalue weighted by molar-refractivity contribution is 5.83. The van der Waals surface area contributed by atoms with Crippen molar-refractivity contribution in [3.8, 4) is 0 Å². The molecule has 2 aromatic carbocycles. The summed E-state index contributed by atoms with van der Waals surface area (Å²) in [4.78, 5) is 12.1. The number of carbonyl (C=O) groups is 1. The van der Waals surface area contributed by atoms with Gasteiger partial charge in [-0.1, -0.05) is 42.5 Å². The molecule has 2 rings (SSSR count). The number of rotatable bonds is 5. The zero-order valence-corrected chi connectivity index (χ0v) is 12.0. The van der Waals surface area contributed by atoms with Crippen LogP contribution in [0.25, 0.3) is 0 Å². The predicted octanol–water partition coefficient (Wildman–Crippen LogP) is 2.70. The van der Waals surface area contributed by atoms with Crippen molar-refractivity contribution in [1.82, 2.24) is 5.32 Å². The largest absolute Gasteiger partial charge is 0.351 e. The summed E-state index contributed by atoms with van der Waals surface area (Å²) in [6, 6.07) is 14.3. The lowest BCUT2D eigenvalue weighted by Gasteiger charge is -2.13. The Bertz CT molecular complexity index is 613. The van der Waals surface area contributed by atoms with E-state index in [9.17, 15) is 9.18 Å². The van der Waals surface area contributed by atoms with E-state index in [0.29, 0.717) is 12.1 Å². The molecule has 0 aromatic heterocycles. The summed E-state index contributed by atoms with van der Waals surface area (Å²) in [7, 11) is 0. The molecule has 3 nitrogen and oxygen atoms in total. The third-order valence-corrected chi connectivity index (χ3v) is 3.50. The van der Waals surface area contributed by atoms with Gasteiger partial charge in [-0.05, 0) is 24.1 Å². The Hall–Kier alpha value is -2.20. The van der Waals surface area contributed by atoms with Crippen LogP contribution in [0, 0.1) is 5.82 Å². The molecular weight excluding hydrogens is 267 g/mol. The second-order valence-corrected chi connectivity index (χ2v) is 4.98. The smallest absolute Gasteiger partial charge is 0.227 e. The van der Waals surface area contributed by atoms with E-state index >= 15 is 0 Å². The van der Waals surface area contributed by atoms with Gasteiger partial charge in [-0.3, -0.25) is 4.79 Å². The Balaban J connectivity index is 1.98. The van der Waals surface area contributed by atoms with Gasteiger partial charge in [-0.2, -0.15) is 0 Å². The van der Waals surface area contributed by atoms with Gasteiger partial charge in [0.15, 0.2) is 0 Å². The molecule has 0 aliphatic heterocycles. The van der Waals surface area contributed by atoms with Crippen LogP contribution in [0.5, 0.6) is 0 Å². The van der Waals surface area contributed by atoms with Crippen LogP contribution in [0.15, 0.2) is 48.5 Å². The molecule has 0 spiro atoms. The average molecular weight is 286 g/mol. The fraction of sp³-hybridized carbons (Fsp3) is 0.235. The van der Waals surface area contributed by atoms with Crippen LogP contribution in [0.2, 0.25) is 0 Å². The van der Waals surface area contributed by atoms with Crippen molar-refractivity contribution in [2.45, 2.75) is 25.9 Å². The molecule has 1 amide bonds. The fourth-order valence-electron chi connectivity index (χ4n) is 2.09. The first-order valence-corrected chi connectivity index (χ1v) is 6.92. The number of hydrogen-bond acceptors (Lipinski definition) is 2. The quantitative estimate of drug-likeness (QED) is 0.888. The van der Waals surface area contributed by atoms with Crippen molar-refractivity contribution >= 4 is 5.91 Å². The van der Waals surface area contributed by atoms with E-state index in [1.54, 1.807) is 12.1 Å². The van der Waals surface area contributed by atoms with E-state index < -0.39 is 0 Å². The predicted molar refractivity (Wildman–Crippen MR) is 81.0 cm³/mol. The lowest BCUT2D eigenvalue weighted by Crippen LogP contribution is -2.27. The standard InChI is InChI=1S/C17H19FN2O/c1-12(14-5-3-2-4-6-14)17(21)20-11-15-8-7-13(10-19)9-16(15)18/h2-9,12H,10-11,19H2,1H3,(H,20,21). The van der Waals surface area contributed by atoms with Crippen LogP contribution in [0.1, 0.15) is 29.5 Å². The van der Waals surface area contributed by atoms with Crippen LogP contribution in [-0.2, 0) is 17.9 Å². The van der Waals surface area contributed by atoms with Crippen LogP contribution in [0.3, 0.4) is 0 Å². The second-order valence-electron chi connectivity index (χ2n) is 4.98. The van der Waals surface area contributed by atoms with Gasteiger partial charge in [0.05, 0.1) is 5.92 Å². The maximum absolute atomic E-state index is 13.8. The third-order valence-electron chi connectivity index (χ3n) is 3.50. The van der Waals surface area contributed by atoms with Crippen LogP contribution >= 0.6 is 0 Å². The number of carbonyl (C=O) groups excluding carboxylic acids is 1. The SMILES string of the molecule is CC(C(=O)NCc1ccc(CN)cc1F)c1ccccc1. The summed E-state index contributed by atoms with van der Waals surface area (Å²) in [5.41, 5.74) is 7.59. The molecule has 1 atom stereocenters. The third kappa shape index (κ3) is 3.89. The highest BCUT2D eigenvalue weighted by atomic mass is 19.1. The van der Waals surface area contributed by atoms with Gasteiger partial charge in [-0.25, -0.2) is 4.39 Å². The molecule has 0 heterocycles. The minimum Gasteiger partial charge on any atom is -0.351 e. The summed E-state index contributed by atoms with van der Waals surface area (Å²) in [6.07, 6.45) is 0. The molecule has 21 heavy (non-hydrogen) atoms. The zero-order chi connectivity index (χ0) is 15.2. The van der Waals surface area contributed by atoms with Crippen molar-refractivity contribution in [3.05, 3.63) is 71.0 Å². The van der Waals surface area contributed by atoms with E-state index in [4.69, 9.17) is 5.73 Å². The number of benzene rings is 2. The number of hydrogen-bond donors (Lipinski definition) is 2. The molecule has 0 fully saturated rings. The first kappa shape index (κ1) is 15.2. The van der Waals surface area contributed by atoms with Gasteiger partial charge in [0.2, 0.25) is 5.91 Å². The van der Waals surface area contributed by atoms with Crippen molar-refractivity contribution in [2.24, 2.45) is 5.73 Å². The van der Waals surface area contributed by atoms with E-state index in [-0.39, 0.29) is 24.2 Å². The van der Waals surface area contributed by atoms with Gasteiger partial charge in [-0.15, -0.1) is 0 Å². The normalized spacial score (nSPS) is 12.0. The number of nitrogens with one attached hydrogen (secondary N) is 1. The van der Waals surface area contributed by atoms with Crippen molar-refractivity contribution < 1.29 is 9.18 Å². The maximum Gasteiger partial charge on any atom is 0.227 e. The maximum atomic E-state index is 13.8. The van der Waals surface area contributed by atoms with Gasteiger partial charge in [0.25, 0.3) is 0 Å². The zero-order valence-electron chi connectivity index (χ0n) is 12.0. The first-order chi connectivity index (χ1) is 10.1. The lowest BCUT2D eigenvalue weighted by molar-refractivity contribution is -0.122. The molecule has 110 valence electrons. The van der Waals surface area contributed by atoms with Crippen molar-refractivity contribution in [1.29, 1.82) is 0 Å². The summed E-state index contributed by atoms with van der Waals surface area (Å²) in [5.74, 6) is -0.730. The van der Waals surface area contributed by atoms with Crippen LogP contribution in [-0.4, -0.2) is 5.91 Å². The molecule has 0 aliphatic rings. The highest BCUT2D eigenvalue weighted by Crippen LogP contribution is 2.15. The summed E-state index contributed by atoms with van der Waals surface area (Å²) in [6.45, 7) is 2.31. The average Bonchev–Trinajstić information content (AvgIpc) is 2.53. The minimum absolute atomic E-state index is 0.122. The molecule has 2 aromatic rings. The van der Waals surface area contributed by atoms with E-state index in [1.165, 1.54) is 6.07 Å². The molecular formula is C17H19FN2O. The van der Waals surface area contributed by atoms with Crippen molar-refractivity contribution in [2.75, 3.05) is 0 Å². The summed E-state index contributed by atoms with van der Waals surface area (Å²) < 4.78 is 13.8. The molecule has 0 saturated heterocycles. The van der Waals surface area contributed by atoms with Gasteiger partial charge >= 0.3 is 0 Å².